The van der Waals surface area contributed by atoms with Gasteiger partial charge in [0.1, 0.15) is 4.21 Å². The van der Waals surface area contributed by atoms with Crippen LogP contribution in [0.4, 0.5) is 10.1 Å². The summed E-state index contributed by atoms with van der Waals surface area (Å²) in [6.07, 6.45) is 0. The van der Waals surface area contributed by atoms with Crippen molar-refractivity contribution >= 4 is 27.0 Å². The lowest BCUT2D eigenvalue weighted by Crippen LogP contribution is -2.22. The van der Waals surface area contributed by atoms with E-state index in [2.05, 4.69) is 4.72 Å². The van der Waals surface area contributed by atoms with E-state index in [1.807, 2.05) is 0 Å². The van der Waals surface area contributed by atoms with Crippen molar-refractivity contribution in [3.05, 3.63) is 57.2 Å². The number of sulfonamides is 1. The van der Waals surface area contributed by atoms with E-state index in [0.717, 1.165) is 23.5 Å². The van der Waals surface area contributed by atoms with Crippen LogP contribution in [0.1, 0.15) is 5.56 Å². The number of nitro benzene ring substituents is 1. The van der Waals surface area contributed by atoms with E-state index in [1.165, 1.54) is 12.1 Å². The number of nitro groups is 1. The van der Waals surface area contributed by atoms with Crippen LogP contribution in [0.3, 0.4) is 0 Å². The molecule has 20 heavy (non-hydrogen) atoms. The average molecular weight is 316 g/mol. The van der Waals surface area contributed by atoms with Crippen LogP contribution in [0.15, 0.2) is 39.9 Å². The number of thiophene rings is 1. The quantitative estimate of drug-likeness (QED) is 0.677. The first-order chi connectivity index (χ1) is 9.40. The third-order valence-corrected chi connectivity index (χ3v) is 5.23. The standard InChI is InChI=1S/C11H9FN2O4S2/c12-9-4-3-8(6-10(9)14(15)16)7-13-20(17,18)11-2-1-5-19-11/h1-6,13H,7H2. The van der Waals surface area contributed by atoms with Crippen molar-refractivity contribution in [1.82, 2.24) is 4.72 Å². The summed E-state index contributed by atoms with van der Waals surface area (Å²) in [6, 6.07) is 6.28. The molecule has 0 radical (unpaired) electrons. The Kier molecular flexibility index (Phi) is 4.12. The molecule has 1 aromatic carbocycles. The van der Waals surface area contributed by atoms with Gasteiger partial charge in [-0.25, -0.2) is 13.1 Å². The number of hydrogen-bond donors (Lipinski definition) is 1. The van der Waals surface area contributed by atoms with Gasteiger partial charge in [-0.3, -0.25) is 10.1 Å². The number of nitrogens with one attached hydrogen (secondary N) is 1. The van der Waals surface area contributed by atoms with Crippen LogP contribution in [-0.2, 0) is 16.6 Å². The normalized spacial score (nSPS) is 11.4. The summed E-state index contributed by atoms with van der Waals surface area (Å²) in [4.78, 5) is 9.74. The maximum Gasteiger partial charge on any atom is 0.305 e. The fourth-order valence-electron chi connectivity index (χ4n) is 1.47. The number of halogens is 1. The first-order valence-electron chi connectivity index (χ1n) is 5.36. The molecule has 0 aliphatic heterocycles. The molecule has 0 unspecified atom stereocenters. The number of rotatable bonds is 5. The van der Waals surface area contributed by atoms with Crippen LogP contribution in [0.25, 0.3) is 0 Å². The molecule has 0 saturated carbocycles. The Bertz CT molecular complexity index is 729. The topological polar surface area (TPSA) is 89.3 Å². The molecule has 0 bridgehead atoms. The second kappa shape index (κ2) is 5.65. The van der Waals surface area contributed by atoms with Crippen molar-refractivity contribution in [3.8, 4) is 0 Å². The van der Waals surface area contributed by atoms with Gasteiger partial charge in [-0.15, -0.1) is 11.3 Å². The molecule has 0 spiro atoms. The molecule has 0 atom stereocenters. The van der Waals surface area contributed by atoms with Gasteiger partial charge in [0.15, 0.2) is 0 Å². The molecular formula is C11H9FN2O4S2. The molecule has 2 aromatic rings. The fourth-order valence-corrected chi connectivity index (χ4v) is 3.53. The molecule has 1 heterocycles. The van der Waals surface area contributed by atoms with E-state index < -0.39 is 26.5 Å². The summed E-state index contributed by atoms with van der Waals surface area (Å²) in [7, 11) is -3.65. The summed E-state index contributed by atoms with van der Waals surface area (Å²) >= 11 is 1.06. The van der Waals surface area contributed by atoms with E-state index in [9.17, 15) is 22.9 Å². The lowest BCUT2D eigenvalue weighted by Gasteiger charge is -2.05. The molecule has 2 rings (SSSR count). The SMILES string of the molecule is O=[N+]([O-])c1cc(CNS(=O)(=O)c2cccs2)ccc1F. The summed E-state index contributed by atoms with van der Waals surface area (Å²) in [5.41, 5.74) is -0.379. The highest BCUT2D eigenvalue weighted by Crippen LogP contribution is 2.20. The molecule has 0 aliphatic rings. The zero-order valence-corrected chi connectivity index (χ0v) is 11.6. The number of hydrogen-bond acceptors (Lipinski definition) is 5. The van der Waals surface area contributed by atoms with Gasteiger partial charge >= 0.3 is 5.69 Å². The van der Waals surface area contributed by atoms with Crippen molar-refractivity contribution in [2.75, 3.05) is 0 Å². The molecular weight excluding hydrogens is 307 g/mol. The molecule has 1 aromatic heterocycles. The Morgan fingerprint density at radius 2 is 2.10 bits per heavy atom. The van der Waals surface area contributed by atoms with Gasteiger partial charge in [-0.1, -0.05) is 12.1 Å². The van der Waals surface area contributed by atoms with E-state index in [-0.39, 0.29) is 10.8 Å². The summed E-state index contributed by atoms with van der Waals surface area (Å²) in [6.45, 7) is -0.151. The predicted molar refractivity (Wildman–Crippen MR) is 71.4 cm³/mol. The van der Waals surface area contributed by atoms with Crippen LogP contribution < -0.4 is 4.72 Å². The first kappa shape index (κ1) is 14.6. The minimum atomic E-state index is -3.65. The second-order valence-electron chi connectivity index (χ2n) is 3.80. The van der Waals surface area contributed by atoms with Gasteiger partial charge < -0.3 is 0 Å². The largest absolute Gasteiger partial charge is 0.305 e. The zero-order chi connectivity index (χ0) is 14.8. The van der Waals surface area contributed by atoms with Crippen LogP contribution >= 0.6 is 11.3 Å². The third kappa shape index (κ3) is 3.18. The number of nitrogens with zero attached hydrogens (tertiary/aromatic N) is 1. The first-order valence-corrected chi connectivity index (χ1v) is 7.72. The minimum absolute atomic E-state index is 0.147. The van der Waals surface area contributed by atoms with Gasteiger partial charge in [0.25, 0.3) is 0 Å². The Balaban J connectivity index is 2.16. The molecule has 6 nitrogen and oxygen atoms in total. The van der Waals surface area contributed by atoms with E-state index in [0.29, 0.717) is 5.56 Å². The van der Waals surface area contributed by atoms with Gasteiger partial charge in [0, 0.05) is 12.6 Å². The van der Waals surface area contributed by atoms with Gasteiger partial charge in [0.05, 0.1) is 4.92 Å². The molecule has 9 heteroatoms. The van der Waals surface area contributed by atoms with Crippen LogP contribution in [0, 0.1) is 15.9 Å². The van der Waals surface area contributed by atoms with Gasteiger partial charge in [0.2, 0.25) is 15.8 Å². The van der Waals surface area contributed by atoms with Crippen LogP contribution in [-0.4, -0.2) is 13.3 Å². The fraction of sp³-hybridized carbons (Fsp3) is 0.0909. The Morgan fingerprint density at radius 3 is 2.70 bits per heavy atom. The average Bonchev–Trinajstić information content (AvgIpc) is 2.92. The Labute approximate surface area is 118 Å². The molecule has 1 N–H and O–H groups in total. The molecule has 0 aliphatic carbocycles. The van der Waals surface area contributed by atoms with E-state index >= 15 is 0 Å². The summed E-state index contributed by atoms with van der Waals surface area (Å²) < 4.78 is 39.3. The van der Waals surface area contributed by atoms with Crippen molar-refractivity contribution in [1.29, 1.82) is 0 Å². The maximum absolute atomic E-state index is 13.1. The lowest BCUT2D eigenvalue weighted by atomic mass is 10.2. The summed E-state index contributed by atoms with van der Waals surface area (Å²) in [5.74, 6) is -0.958. The Morgan fingerprint density at radius 1 is 1.35 bits per heavy atom. The summed E-state index contributed by atoms with van der Waals surface area (Å²) in [5, 5.41) is 12.2. The smallest absolute Gasteiger partial charge is 0.258 e. The zero-order valence-electron chi connectivity index (χ0n) is 9.95. The van der Waals surface area contributed by atoms with Crippen molar-refractivity contribution < 1.29 is 17.7 Å². The molecule has 0 amide bonds. The van der Waals surface area contributed by atoms with Crippen molar-refractivity contribution in [3.63, 3.8) is 0 Å². The van der Waals surface area contributed by atoms with Crippen LogP contribution in [0.5, 0.6) is 0 Å². The van der Waals surface area contributed by atoms with Crippen LogP contribution in [0.2, 0.25) is 0 Å². The molecule has 106 valence electrons. The molecule has 0 saturated heterocycles. The van der Waals surface area contributed by atoms with Gasteiger partial charge in [-0.05, 0) is 23.1 Å². The Hall–Kier alpha value is -1.84. The van der Waals surface area contributed by atoms with Crippen molar-refractivity contribution in [2.45, 2.75) is 10.8 Å². The maximum atomic E-state index is 13.1. The third-order valence-electron chi connectivity index (χ3n) is 2.43. The number of benzene rings is 1. The lowest BCUT2D eigenvalue weighted by molar-refractivity contribution is -0.387. The minimum Gasteiger partial charge on any atom is -0.258 e. The monoisotopic (exact) mass is 316 g/mol. The highest BCUT2D eigenvalue weighted by Gasteiger charge is 2.17. The highest BCUT2D eigenvalue weighted by molar-refractivity contribution is 7.91. The highest BCUT2D eigenvalue weighted by atomic mass is 32.2. The van der Waals surface area contributed by atoms with Gasteiger partial charge in [-0.2, -0.15) is 4.39 Å². The molecule has 0 fully saturated rings. The predicted octanol–water partition coefficient (Wildman–Crippen LogP) is 2.27. The van der Waals surface area contributed by atoms with Crippen molar-refractivity contribution in [2.24, 2.45) is 0 Å². The van der Waals surface area contributed by atoms with E-state index in [1.54, 1.807) is 11.4 Å². The second-order valence-corrected chi connectivity index (χ2v) is 6.74. The van der Waals surface area contributed by atoms with E-state index in [4.69, 9.17) is 0 Å².